The summed E-state index contributed by atoms with van der Waals surface area (Å²) in [5, 5.41) is 0.0468. The Bertz CT molecular complexity index is 527. The van der Waals surface area contributed by atoms with Gasteiger partial charge in [-0.15, -0.1) is 0 Å². The summed E-state index contributed by atoms with van der Waals surface area (Å²) >= 11 is 5.67. The van der Waals surface area contributed by atoms with Gasteiger partial charge in [-0.2, -0.15) is 0 Å². The van der Waals surface area contributed by atoms with Crippen LogP contribution in [0.1, 0.15) is 0 Å². The van der Waals surface area contributed by atoms with Gasteiger partial charge in [-0.1, -0.05) is 11.6 Å². The molecular weight excluding hydrogens is 235 g/mol. The van der Waals surface area contributed by atoms with E-state index in [1.165, 1.54) is 12.4 Å². The van der Waals surface area contributed by atoms with E-state index in [9.17, 15) is 9.18 Å². The largest absolute Gasteiger partial charge is 0.466 e. The summed E-state index contributed by atoms with van der Waals surface area (Å²) in [4.78, 5) is 14.0. The molecule has 0 aliphatic carbocycles. The lowest BCUT2D eigenvalue weighted by Gasteiger charge is -2.04. The predicted octanol–water partition coefficient (Wildman–Crippen LogP) is 2.00. The average molecular weight is 243 g/mol. The minimum atomic E-state index is -0.511. The molecule has 0 spiro atoms. The molecule has 16 heavy (non-hydrogen) atoms. The standard InChI is InChI=1S/C10H8ClFN2O2/c11-7-1-2-8-10(9(7)12)14(5-13-8)3-4-16-6-15/h1-2,5-6H,3-4H2. The van der Waals surface area contributed by atoms with Gasteiger partial charge in [-0.3, -0.25) is 4.79 Å². The van der Waals surface area contributed by atoms with Gasteiger partial charge < -0.3 is 9.30 Å². The molecule has 0 saturated carbocycles. The lowest BCUT2D eigenvalue weighted by molar-refractivity contribution is -0.128. The number of aromatic nitrogens is 2. The lowest BCUT2D eigenvalue weighted by atomic mass is 10.3. The molecule has 2 aromatic rings. The molecule has 0 radical (unpaired) electrons. The number of rotatable bonds is 4. The number of carbonyl (C=O) groups excluding carboxylic acids is 1. The summed E-state index contributed by atoms with van der Waals surface area (Å²) in [7, 11) is 0. The van der Waals surface area contributed by atoms with Crippen LogP contribution in [0.25, 0.3) is 11.0 Å². The Morgan fingerprint density at radius 1 is 1.56 bits per heavy atom. The molecule has 84 valence electrons. The number of ether oxygens (including phenoxy) is 1. The summed E-state index contributed by atoms with van der Waals surface area (Å²) in [5.74, 6) is -0.511. The summed E-state index contributed by atoms with van der Waals surface area (Å²) < 4.78 is 19.8. The Hall–Kier alpha value is -1.62. The van der Waals surface area contributed by atoms with Gasteiger partial charge in [0.15, 0.2) is 5.82 Å². The molecule has 0 atom stereocenters. The average Bonchev–Trinajstić information content (AvgIpc) is 2.68. The third-order valence-corrected chi connectivity index (χ3v) is 2.48. The topological polar surface area (TPSA) is 44.1 Å². The molecule has 1 heterocycles. The number of imidazole rings is 1. The van der Waals surface area contributed by atoms with Crippen LogP contribution >= 0.6 is 11.6 Å². The maximum atomic E-state index is 13.7. The smallest absolute Gasteiger partial charge is 0.293 e. The first-order valence-corrected chi connectivity index (χ1v) is 4.96. The van der Waals surface area contributed by atoms with Crippen molar-refractivity contribution in [3.8, 4) is 0 Å². The van der Waals surface area contributed by atoms with Crippen LogP contribution in [0.2, 0.25) is 5.02 Å². The molecule has 4 nitrogen and oxygen atoms in total. The quantitative estimate of drug-likeness (QED) is 0.608. The zero-order valence-corrected chi connectivity index (χ0v) is 8.95. The van der Waals surface area contributed by atoms with Crippen molar-refractivity contribution in [1.82, 2.24) is 9.55 Å². The SMILES string of the molecule is O=COCCn1cnc2ccc(Cl)c(F)c21. The van der Waals surface area contributed by atoms with Crippen LogP contribution < -0.4 is 0 Å². The van der Waals surface area contributed by atoms with E-state index in [2.05, 4.69) is 9.72 Å². The maximum Gasteiger partial charge on any atom is 0.293 e. The van der Waals surface area contributed by atoms with Crippen molar-refractivity contribution >= 4 is 29.1 Å². The molecule has 0 amide bonds. The van der Waals surface area contributed by atoms with E-state index >= 15 is 0 Å². The lowest BCUT2D eigenvalue weighted by Crippen LogP contribution is -2.04. The fourth-order valence-electron chi connectivity index (χ4n) is 1.47. The zero-order valence-electron chi connectivity index (χ0n) is 8.19. The van der Waals surface area contributed by atoms with E-state index in [0.717, 1.165) is 0 Å². The fraction of sp³-hybridized carbons (Fsp3) is 0.200. The van der Waals surface area contributed by atoms with Crippen LogP contribution in [-0.2, 0) is 16.1 Å². The Morgan fingerprint density at radius 2 is 2.38 bits per heavy atom. The number of benzene rings is 1. The molecule has 1 aromatic heterocycles. The van der Waals surface area contributed by atoms with Gasteiger partial charge in [0.25, 0.3) is 6.47 Å². The second kappa shape index (κ2) is 4.49. The Morgan fingerprint density at radius 3 is 3.12 bits per heavy atom. The summed E-state index contributed by atoms with van der Waals surface area (Å²) in [6.45, 7) is 0.857. The van der Waals surface area contributed by atoms with Crippen LogP contribution in [0, 0.1) is 5.82 Å². The van der Waals surface area contributed by atoms with Crippen LogP contribution in [0.4, 0.5) is 4.39 Å². The van der Waals surface area contributed by atoms with Gasteiger partial charge in [-0.25, -0.2) is 9.37 Å². The molecule has 1 aromatic carbocycles. The normalized spacial score (nSPS) is 10.6. The number of halogens is 2. The van der Waals surface area contributed by atoms with E-state index < -0.39 is 5.82 Å². The number of fused-ring (bicyclic) bond motifs is 1. The Labute approximate surface area is 95.6 Å². The van der Waals surface area contributed by atoms with Gasteiger partial charge >= 0.3 is 0 Å². The highest BCUT2D eigenvalue weighted by molar-refractivity contribution is 6.31. The molecule has 0 N–H and O–H groups in total. The molecule has 0 aliphatic heterocycles. The van der Waals surface area contributed by atoms with Crippen molar-refractivity contribution in [2.45, 2.75) is 6.54 Å². The number of carbonyl (C=O) groups is 1. The number of hydrogen-bond donors (Lipinski definition) is 0. The van der Waals surface area contributed by atoms with Crippen molar-refractivity contribution < 1.29 is 13.9 Å². The molecule has 0 unspecified atom stereocenters. The van der Waals surface area contributed by atoms with Crippen molar-refractivity contribution in [2.75, 3.05) is 6.61 Å². The second-order valence-electron chi connectivity index (χ2n) is 3.13. The van der Waals surface area contributed by atoms with E-state index in [-0.39, 0.29) is 11.6 Å². The highest BCUT2D eigenvalue weighted by atomic mass is 35.5. The third-order valence-electron chi connectivity index (χ3n) is 2.19. The van der Waals surface area contributed by atoms with E-state index in [4.69, 9.17) is 11.6 Å². The molecule has 0 fully saturated rings. The van der Waals surface area contributed by atoms with Crippen molar-refractivity contribution in [3.63, 3.8) is 0 Å². The van der Waals surface area contributed by atoms with Crippen molar-refractivity contribution in [3.05, 3.63) is 29.3 Å². The van der Waals surface area contributed by atoms with Crippen LogP contribution in [0.15, 0.2) is 18.5 Å². The Kier molecular flexibility index (Phi) is 3.05. The first-order valence-electron chi connectivity index (χ1n) is 4.58. The first kappa shape index (κ1) is 10.9. The van der Waals surface area contributed by atoms with Gasteiger partial charge in [0.05, 0.1) is 23.4 Å². The number of nitrogens with zero attached hydrogens (tertiary/aromatic N) is 2. The highest BCUT2D eigenvalue weighted by Gasteiger charge is 2.11. The van der Waals surface area contributed by atoms with Gasteiger partial charge in [0, 0.05) is 0 Å². The highest BCUT2D eigenvalue weighted by Crippen LogP contribution is 2.23. The van der Waals surface area contributed by atoms with Gasteiger partial charge in [0.1, 0.15) is 12.1 Å². The van der Waals surface area contributed by atoms with Crippen molar-refractivity contribution in [1.29, 1.82) is 0 Å². The first-order chi connectivity index (χ1) is 7.74. The van der Waals surface area contributed by atoms with Gasteiger partial charge in [-0.05, 0) is 12.1 Å². The maximum absolute atomic E-state index is 13.7. The minimum absolute atomic E-state index is 0.0468. The fourth-order valence-corrected chi connectivity index (χ4v) is 1.62. The monoisotopic (exact) mass is 242 g/mol. The molecule has 0 aliphatic rings. The summed E-state index contributed by atoms with van der Waals surface area (Å²) in [6.07, 6.45) is 1.48. The summed E-state index contributed by atoms with van der Waals surface area (Å²) in [5.41, 5.74) is 0.843. The van der Waals surface area contributed by atoms with Crippen LogP contribution in [0.3, 0.4) is 0 Å². The molecule has 2 rings (SSSR count). The van der Waals surface area contributed by atoms with Gasteiger partial charge in [0.2, 0.25) is 0 Å². The Balaban J connectivity index is 2.38. The van der Waals surface area contributed by atoms with E-state index in [1.54, 1.807) is 10.6 Å². The third kappa shape index (κ3) is 1.86. The van der Waals surface area contributed by atoms with E-state index in [1.807, 2.05) is 0 Å². The minimum Gasteiger partial charge on any atom is -0.466 e. The second-order valence-corrected chi connectivity index (χ2v) is 3.54. The van der Waals surface area contributed by atoms with Crippen LogP contribution in [0.5, 0.6) is 0 Å². The number of hydrogen-bond acceptors (Lipinski definition) is 3. The van der Waals surface area contributed by atoms with Crippen LogP contribution in [-0.4, -0.2) is 22.6 Å². The molecule has 6 heteroatoms. The zero-order chi connectivity index (χ0) is 11.5. The van der Waals surface area contributed by atoms with Crippen molar-refractivity contribution in [2.24, 2.45) is 0 Å². The van der Waals surface area contributed by atoms with E-state index in [0.29, 0.717) is 24.1 Å². The molecule has 0 saturated heterocycles. The molecule has 0 bridgehead atoms. The summed E-state index contributed by atoms with van der Waals surface area (Å²) in [6, 6.07) is 3.09. The molecular formula is C10H8ClFN2O2. The predicted molar refractivity (Wildman–Crippen MR) is 56.7 cm³/mol.